The standard InChI is InChI=1S/C29H29NO3/c1-20-25(10-7-11-27(20)22-8-5-4-6-9-22)19-33-26-15-14-23-16-21(12-13-24(23)17-26)18-30-29(2,3)28(31)32/h4-17,30H,18-19H2,1-3H3,(H,31,32). The van der Waals surface area contributed by atoms with Gasteiger partial charge in [0.05, 0.1) is 0 Å². The summed E-state index contributed by atoms with van der Waals surface area (Å²) >= 11 is 0. The van der Waals surface area contributed by atoms with Crippen molar-refractivity contribution in [3.8, 4) is 16.9 Å². The van der Waals surface area contributed by atoms with Crippen LogP contribution in [0, 0.1) is 6.92 Å². The van der Waals surface area contributed by atoms with E-state index in [-0.39, 0.29) is 0 Å². The van der Waals surface area contributed by atoms with Crippen LogP contribution in [0.25, 0.3) is 21.9 Å². The van der Waals surface area contributed by atoms with Gasteiger partial charge in [0.1, 0.15) is 17.9 Å². The summed E-state index contributed by atoms with van der Waals surface area (Å²) in [7, 11) is 0. The molecular weight excluding hydrogens is 410 g/mol. The Hall–Kier alpha value is -3.63. The van der Waals surface area contributed by atoms with Crippen molar-refractivity contribution >= 4 is 16.7 Å². The van der Waals surface area contributed by atoms with Crippen LogP contribution in [-0.2, 0) is 17.9 Å². The molecule has 2 N–H and O–H groups in total. The molecule has 0 aromatic heterocycles. The summed E-state index contributed by atoms with van der Waals surface area (Å²) in [6.45, 7) is 6.46. The van der Waals surface area contributed by atoms with Crippen molar-refractivity contribution in [2.45, 2.75) is 39.5 Å². The van der Waals surface area contributed by atoms with E-state index >= 15 is 0 Å². The molecule has 0 saturated heterocycles. The third kappa shape index (κ3) is 5.24. The molecule has 168 valence electrons. The van der Waals surface area contributed by atoms with Crippen LogP contribution in [0.2, 0.25) is 0 Å². The molecule has 4 nitrogen and oxygen atoms in total. The third-order valence-corrected chi connectivity index (χ3v) is 6.07. The van der Waals surface area contributed by atoms with E-state index in [4.69, 9.17) is 4.74 Å². The van der Waals surface area contributed by atoms with E-state index in [1.54, 1.807) is 13.8 Å². The average molecular weight is 440 g/mol. The molecule has 0 bridgehead atoms. The van der Waals surface area contributed by atoms with Crippen LogP contribution in [0.5, 0.6) is 5.75 Å². The lowest BCUT2D eigenvalue weighted by Gasteiger charge is -2.21. The van der Waals surface area contributed by atoms with E-state index in [1.165, 1.54) is 22.3 Å². The van der Waals surface area contributed by atoms with Gasteiger partial charge >= 0.3 is 5.97 Å². The van der Waals surface area contributed by atoms with Crippen molar-refractivity contribution < 1.29 is 14.6 Å². The number of rotatable bonds is 8. The first-order valence-electron chi connectivity index (χ1n) is 11.1. The molecule has 0 aliphatic heterocycles. The van der Waals surface area contributed by atoms with Gasteiger partial charge in [0.2, 0.25) is 0 Å². The van der Waals surface area contributed by atoms with Crippen LogP contribution in [0.3, 0.4) is 0 Å². The van der Waals surface area contributed by atoms with E-state index in [0.717, 1.165) is 22.1 Å². The third-order valence-electron chi connectivity index (χ3n) is 6.07. The van der Waals surface area contributed by atoms with Crippen molar-refractivity contribution in [1.82, 2.24) is 5.32 Å². The highest BCUT2D eigenvalue weighted by atomic mass is 16.5. The first-order chi connectivity index (χ1) is 15.8. The molecule has 0 heterocycles. The lowest BCUT2D eigenvalue weighted by molar-refractivity contribution is -0.143. The Bertz CT molecular complexity index is 1280. The van der Waals surface area contributed by atoms with E-state index in [0.29, 0.717) is 13.2 Å². The van der Waals surface area contributed by atoms with Crippen LogP contribution >= 0.6 is 0 Å². The second kappa shape index (κ2) is 9.47. The number of benzene rings is 4. The highest BCUT2D eigenvalue weighted by molar-refractivity contribution is 5.84. The maximum absolute atomic E-state index is 11.3. The molecule has 0 saturated carbocycles. The van der Waals surface area contributed by atoms with Crippen LogP contribution in [-0.4, -0.2) is 16.6 Å². The summed E-state index contributed by atoms with van der Waals surface area (Å²) in [6.07, 6.45) is 0. The Labute approximate surface area is 194 Å². The Balaban J connectivity index is 1.46. The molecule has 0 radical (unpaired) electrons. The number of carbonyl (C=O) groups is 1. The number of nitrogens with one attached hydrogen (secondary N) is 1. The maximum atomic E-state index is 11.3. The second-order valence-corrected chi connectivity index (χ2v) is 8.87. The SMILES string of the molecule is Cc1c(COc2ccc3cc(CNC(C)(C)C(=O)O)ccc3c2)cccc1-c1ccccc1. The number of hydrogen-bond donors (Lipinski definition) is 2. The van der Waals surface area contributed by atoms with Crippen molar-refractivity contribution in [3.63, 3.8) is 0 Å². The fourth-order valence-electron chi connectivity index (χ4n) is 3.80. The Kier molecular flexibility index (Phi) is 6.47. The van der Waals surface area contributed by atoms with Gasteiger partial charge in [-0.1, -0.05) is 66.7 Å². The summed E-state index contributed by atoms with van der Waals surface area (Å²) in [6, 6.07) is 29.0. The van der Waals surface area contributed by atoms with Gasteiger partial charge in [-0.3, -0.25) is 10.1 Å². The number of carboxylic acids is 1. The quantitative estimate of drug-likeness (QED) is 0.336. The van der Waals surface area contributed by atoms with Gasteiger partial charge in [-0.15, -0.1) is 0 Å². The van der Waals surface area contributed by atoms with Crippen molar-refractivity contribution in [1.29, 1.82) is 0 Å². The molecule has 0 spiro atoms. The molecule has 0 aliphatic carbocycles. The second-order valence-electron chi connectivity index (χ2n) is 8.87. The van der Waals surface area contributed by atoms with Gasteiger partial charge in [-0.05, 0) is 77.6 Å². The number of ether oxygens (including phenoxy) is 1. The van der Waals surface area contributed by atoms with Crippen LogP contribution in [0.4, 0.5) is 0 Å². The normalized spacial score (nSPS) is 11.5. The maximum Gasteiger partial charge on any atom is 0.323 e. The summed E-state index contributed by atoms with van der Waals surface area (Å²) in [4.78, 5) is 11.3. The number of aliphatic carboxylic acids is 1. The topological polar surface area (TPSA) is 58.6 Å². The molecule has 0 fully saturated rings. The van der Waals surface area contributed by atoms with Crippen molar-refractivity contribution in [3.05, 3.63) is 102 Å². The first kappa shape index (κ1) is 22.6. The zero-order valence-corrected chi connectivity index (χ0v) is 19.3. The zero-order valence-electron chi connectivity index (χ0n) is 19.3. The zero-order chi connectivity index (χ0) is 23.4. The van der Waals surface area contributed by atoms with Gasteiger partial charge in [0.25, 0.3) is 0 Å². The summed E-state index contributed by atoms with van der Waals surface area (Å²) < 4.78 is 6.14. The lowest BCUT2D eigenvalue weighted by Crippen LogP contribution is -2.46. The fourth-order valence-corrected chi connectivity index (χ4v) is 3.80. The van der Waals surface area contributed by atoms with Gasteiger partial charge in [-0.25, -0.2) is 0 Å². The predicted octanol–water partition coefficient (Wildman–Crippen LogP) is 6.35. The largest absolute Gasteiger partial charge is 0.489 e. The molecule has 4 aromatic carbocycles. The van der Waals surface area contributed by atoms with Gasteiger partial charge in [0, 0.05) is 6.54 Å². The van der Waals surface area contributed by atoms with E-state index in [1.807, 2.05) is 36.4 Å². The summed E-state index contributed by atoms with van der Waals surface area (Å²) in [5, 5.41) is 14.5. The number of fused-ring (bicyclic) bond motifs is 1. The highest BCUT2D eigenvalue weighted by Gasteiger charge is 2.25. The lowest BCUT2D eigenvalue weighted by atomic mass is 9.97. The minimum absolute atomic E-state index is 0.491. The van der Waals surface area contributed by atoms with Crippen molar-refractivity contribution in [2.24, 2.45) is 0 Å². The Morgan fingerprint density at radius 3 is 2.39 bits per heavy atom. The molecular formula is C29H29NO3. The number of hydrogen-bond acceptors (Lipinski definition) is 3. The van der Waals surface area contributed by atoms with Crippen LogP contribution in [0.15, 0.2) is 84.9 Å². The molecule has 0 atom stereocenters. The fraction of sp³-hybridized carbons (Fsp3) is 0.207. The van der Waals surface area contributed by atoms with Gasteiger partial charge in [0.15, 0.2) is 0 Å². The molecule has 0 amide bonds. The summed E-state index contributed by atoms with van der Waals surface area (Å²) in [5.74, 6) is -0.0421. The number of carboxylic acid groups (broad SMARTS) is 1. The Morgan fingerprint density at radius 2 is 1.64 bits per heavy atom. The minimum Gasteiger partial charge on any atom is -0.489 e. The predicted molar refractivity (Wildman–Crippen MR) is 133 cm³/mol. The molecule has 4 heteroatoms. The van der Waals surface area contributed by atoms with Gasteiger partial charge in [-0.2, -0.15) is 0 Å². The smallest absolute Gasteiger partial charge is 0.323 e. The first-order valence-corrected chi connectivity index (χ1v) is 11.1. The van der Waals surface area contributed by atoms with E-state index in [9.17, 15) is 9.90 Å². The molecule has 0 aliphatic rings. The van der Waals surface area contributed by atoms with Crippen molar-refractivity contribution in [2.75, 3.05) is 0 Å². The Morgan fingerprint density at radius 1 is 0.909 bits per heavy atom. The molecule has 4 rings (SSSR count). The van der Waals surface area contributed by atoms with E-state index in [2.05, 4.69) is 60.8 Å². The van der Waals surface area contributed by atoms with Gasteiger partial charge < -0.3 is 9.84 Å². The van der Waals surface area contributed by atoms with Crippen LogP contribution in [0.1, 0.15) is 30.5 Å². The van der Waals surface area contributed by atoms with Crippen LogP contribution < -0.4 is 10.1 Å². The molecule has 4 aromatic rings. The summed E-state index contributed by atoms with van der Waals surface area (Å²) in [5.41, 5.74) is 4.90. The molecule has 0 unspecified atom stereocenters. The average Bonchev–Trinajstić information content (AvgIpc) is 2.82. The van der Waals surface area contributed by atoms with E-state index < -0.39 is 11.5 Å². The molecule has 33 heavy (non-hydrogen) atoms. The minimum atomic E-state index is -0.970. The monoisotopic (exact) mass is 439 g/mol. The highest BCUT2D eigenvalue weighted by Crippen LogP contribution is 2.27.